The molecule has 1 aromatic carbocycles. The minimum atomic E-state index is -4.79. The number of nitrogens with zero attached hydrogens (tertiary/aromatic N) is 1. The number of amides is 1. The van der Waals surface area contributed by atoms with Crippen molar-refractivity contribution >= 4 is 5.91 Å². The molecule has 1 N–H and O–H groups in total. The molecule has 7 heteroatoms. The van der Waals surface area contributed by atoms with Crippen LogP contribution >= 0.6 is 0 Å². The molecule has 22 heavy (non-hydrogen) atoms. The maximum Gasteiger partial charge on any atom is 0.573 e. The third-order valence-corrected chi connectivity index (χ3v) is 4.51. The van der Waals surface area contributed by atoms with Gasteiger partial charge in [0.1, 0.15) is 5.75 Å². The quantitative estimate of drug-likeness (QED) is 0.912. The molecule has 1 aromatic rings. The standard InChI is InChI=1S/C15H15F3N2O2/c16-15(17,18)22-12-6-9(8-1-2-8)5-10-11-7-19-3-4-20(11)14(21)13(10)12/h5-6,8,11,19H,1-4,7H2/t11-/m1/s1. The lowest BCUT2D eigenvalue weighted by atomic mass is 9.97. The molecule has 1 saturated heterocycles. The highest BCUT2D eigenvalue weighted by Gasteiger charge is 2.43. The topological polar surface area (TPSA) is 41.6 Å². The Morgan fingerprint density at radius 3 is 2.73 bits per heavy atom. The van der Waals surface area contributed by atoms with Crippen molar-refractivity contribution in [1.29, 1.82) is 0 Å². The second kappa shape index (κ2) is 4.62. The molecule has 1 aliphatic carbocycles. The highest BCUT2D eigenvalue weighted by molar-refractivity contribution is 6.02. The van der Waals surface area contributed by atoms with E-state index in [0.717, 1.165) is 18.4 Å². The fraction of sp³-hybridized carbons (Fsp3) is 0.533. The summed E-state index contributed by atoms with van der Waals surface area (Å²) in [5.74, 6) is -0.406. The van der Waals surface area contributed by atoms with Crippen molar-refractivity contribution < 1.29 is 22.7 Å². The first-order chi connectivity index (χ1) is 10.4. The Labute approximate surface area is 125 Å². The van der Waals surface area contributed by atoms with Crippen LogP contribution in [0.1, 0.15) is 46.3 Å². The lowest BCUT2D eigenvalue weighted by Gasteiger charge is -2.30. The number of carbonyl (C=O) groups excluding carboxylic acids is 1. The number of alkyl halides is 3. The smallest absolute Gasteiger partial charge is 0.405 e. The molecule has 4 nitrogen and oxygen atoms in total. The molecule has 0 bridgehead atoms. The summed E-state index contributed by atoms with van der Waals surface area (Å²) in [5.41, 5.74) is 1.59. The molecule has 2 heterocycles. The normalized spacial score (nSPS) is 24.2. The van der Waals surface area contributed by atoms with Gasteiger partial charge in [0.15, 0.2) is 0 Å². The predicted octanol–water partition coefficient (Wildman–Crippen LogP) is 2.56. The van der Waals surface area contributed by atoms with Gasteiger partial charge in [0, 0.05) is 19.6 Å². The maximum absolute atomic E-state index is 12.7. The fourth-order valence-corrected chi connectivity index (χ4v) is 3.38. The Hall–Kier alpha value is -1.76. The summed E-state index contributed by atoms with van der Waals surface area (Å²) in [6.45, 7) is 1.72. The summed E-state index contributed by atoms with van der Waals surface area (Å²) in [7, 11) is 0. The molecule has 1 saturated carbocycles. The Kier molecular flexibility index (Phi) is 2.91. The van der Waals surface area contributed by atoms with E-state index in [4.69, 9.17) is 0 Å². The summed E-state index contributed by atoms with van der Waals surface area (Å²) in [6, 6.07) is 3.10. The van der Waals surface area contributed by atoms with Crippen molar-refractivity contribution in [3.63, 3.8) is 0 Å². The van der Waals surface area contributed by atoms with E-state index in [1.807, 2.05) is 6.07 Å². The van der Waals surface area contributed by atoms with E-state index in [1.54, 1.807) is 4.90 Å². The van der Waals surface area contributed by atoms with Crippen molar-refractivity contribution in [1.82, 2.24) is 10.2 Å². The molecule has 0 spiro atoms. The summed E-state index contributed by atoms with van der Waals surface area (Å²) in [5, 5.41) is 3.19. The third-order valence-electron chi connectivity index (χ3n) is 4.51. The van der Waals surface area contributed by atoms with E-state index in [1.165, 1.54) is 6.07 Å². The van der Waals surface area contributed by atoms with Gasteiger partial charge in [-0.25, -0.2) is 0 Å². The predicted molar refractivity (Wildman–Crippen MR) is 71.7 cm³/mol. The first kappa shape index (κ1) is 13.9. The molecule has 118 valence electrons. The largest absolute Gasteiger partial charge is 0.573 e. The van der Waals surface area contributed by atoms with Crippen LogP contribution in [-0.2, 0) is 0 Å². The first-order valence-corrected chi connectivity index (χ1v) is 7.39. The summed E-state index contributed by atoms with van der Waals surface area (Å²) in [6.07, 6.45) is -2.84. The molecule has 0 unspecified atom stereocenters. The fourth-order valence-electron chi connectivity index (χ4n) is 3.38. The number of rotatable bonds is 2. The zero-order valence-electron chi connectivity index (χ0n) is 11.7. The number of benzene rings is 1. The van der Waals surface area contributed by atoms with E-state index < -0.39 is 6.36 Å². The lowest BCUT2D eigenvalue weighted by molar-refractivity contribution is -0.274. The number of hydrogen-bond donors (Lipinski definition) is 1. The minimum absolute atomic E-state index is 0.0791. The number of ether oxygens (including phenoxy) is 1. The third kappa shape index (κ3) is 2.24. The molecule has 0 aromatic heterocycles. The molecular weight excluding hydrogens is 297 g/mol. The molecule has 2 fully saturated rings. The number of piperazine rings is 1. The van der Waals surface area contributed by atoms with Crippen LogP contribution in [0.25, 0.3) is 0 Å². The minimum Gasteiger partial charge on any atom is -0.405 e. The highest BCUT2D eigenvalue weighted by Crippen LogP contribution is 2.47. The van der Waals surface area contributed by atoms with Crippen LogP contribution in [0.2, 0.25) is 0 Å². The zero-order valence-corrected chi connectivity index (χ0v) is 11.7. The van der Waals surface area contributed by atoms with Gasteiger partial charge in [-0.3, -0.25) is 4.79 Å². The van der Waals surface area contributed by atoms with Gasteiger partial charge in [0.05, 0.1) is 11.6 Å². The van der Waals surface area contributed by atoms with E-state index in [2.05, 4.69) is 10.1 Å². The Bertz CT molecular complexity index is 640. The van der Waals surface area contributed by atoms with Gasteiger partial charge in [-0.15, -0.1) is 13.2 Å². The molecular formula is C15H15F3N2O2. The van der Waals surface area contributed by atoms with Crippen molar-refractivity contribution in [2.75, 3.05) is 19.6 Å². The van der Waals surface area contributed by atoms with Crippen molar-refractivity contribution in [3.05, 3.63) is 28.8 Å². The maximum atomic E-state index is 12.7. The Morgan fingerprint density at radius 2 is 2.05 bits per heavy atom. The van der Waals surface area contributed by atoms with Crippen LogP contribution in [-0.4, -0.2) is 36.8 Å². The van der Waals surface area contributed by atoms with Crippen LogP contribution < -0.4 is 10.1 Å². The molecule has 2 aliphatic heterocycles. The average molecular weight is 312 g/mol. The van der Waals surface area contributed by atoms with Crippen LogP contribution in [0.3, 0.4) is 0 Å². The van der Waals surface area contributed by atoms with Gasteiger partial charge in [-0.05, 0) is 36.0 Å². The van der Waals surface area contributed by atoms with Crippen molar-refractivity contribution in [2.45, 2.75) is 31.2 Å². The van der Waals surface area contributed by atoms with Crippen LogP contribution in [0.15, 0.2) is 12.1 Å². The summed E-state index contributed by atoms with van der Waals surface area (Å²) in [4.78, 5) is 14.1. The zero-order chi connectivity index (χ0) is 15.5. The van der Waals surface area contributed by atoms with E-state index in [9.17, 15) is 18.0 Å². The van der Waals surface area contributed by atoms with Crippen LogP contribution in [0.5, 0.6) is 5.75 Å². The summed E-state index contributed by atoms with van der Waals surface area (Å²) >= 11 is 0. The van der Waals surface area contributed by atoms with Gasteiger partial charge in [-0.1, -0.05) is 6.07 Å². The van der Waals surface area contributed by atoms with Gasteiger partial charge in [0.25, 0.3) is 5.91 Å². The van der Waals surface area contributed by atoms with Crippen molar-refractivity contribution in [2.24, 2.45) is 0 Å². The Morgan fingerprint density at radius 1 is 1.27 bits per heavy atom. The van der Waals surface area contributed by atoms with Gasteiger partial charge >= 0.3 is 6.36 Å². The summed E-state index contributed by atoms with van der Waals surface area (Å²) < 4.78 is 42.3. The molecule has 4 rings (SSSR count). The van der Waals surface area contributed by atoms with E-state index in [-0.39, 0.29) is 23.3 Å². The molecule has 3 aliphatic rings. The van der Waals surface area contributed by atoms with Crippen LogP contribution in [0, 0.1) is 0 Å². The van der Waals surface area contributed by atoms with Gasteiger partial charge in [-0.2, -0.15) is 0 Å². The molecule has 0 radical (unpaired) electrons. The lowest BCUT2D eigenvalue weighted by Crippen LogP contribution is -2.44. The molecule has 1 amide bonds. The number of hydrogen-bond acceptors (Lipinski definition) is 3. The van der Waals surface area contributed by atoms with Gasteiger partial charge < -0.3 is 15.0 Å². The highest BCUT2D eigenvalue weighted by atomic mass is 19.4. The Balaban J connectivity index is 1.83. The van der Waals surface area contributed by atoms with E-state index >= 15 is 0 Å². The second-order valence-corrected chi connectivity index (χ2v) is 6.02. The van der Waals surface area contributed by atoms with Crippen molar-refractivity contribution in [3.8, 4) is 5.75 Å². The van der Waals surface area contributed by atoms with Crippen LogP contribution in [0.4, 0.5) is 13.2 Å². The average Bonchev–Trinajstić information content (AvgIpc) is 3.25. The number of nitrogens with one attached hydrogen (secondary N) is 1. The number of carbonyl (C=O) groups is 1. The monoisotopic (exact) mass is 312 g/mol. The second-order valence-electron chi connectivity index (χ2n) is 6.02. The van der Waals surface area contributed by atoms with Gasteiger partial charge in [0.2, 0.25) is 0 Å². The SMILES string of the molecule is O=C1c2c(OC(F)(F)F)cc(C3CC3)cc2[C@H]2CNCCN12. The number of halogens is 3. The first-order valence-electron chi connectivity index (χ1n) is 7.39. The molecule has 1 atom stereocenters. The number of fused-ring (bicyclic) bond motifs is 3. The van der Waals surface area contributed by atoms with E-state index in [0.29, 0.717) is 31.1 Å².